The van der Waals surface area contributed by atoms with Gasteiger partial charge in [0.2, 0.25) is 0 Å². The van der Waals surface area contributed by atoms with E-state index >= 15 is 0 Å². The average molecular weight is 239 g/mol. The maximum absolute atomic E-state index is 11.5. The van der Waals surface area contributed by atoms with Crippen LogP contribution in [-0.4, -0.2) is 44.4 Å². The van der Waals surface area contributed by atoms with E-state index in [1.165, 1.54) is 25.4 Å². The zero-order valence-electron chi connectivity index (χ0n) is 9.25. The molecule has 1 heterocycles. The Bertz CT molecular complexity index is 405. The lowest BCUT2D eigenvalue weighted by molar-refractivity contribution is -0.141. The Morgan fingerprint density at radius 3 is 2.71 bits per heavy atom. The van der Waals surface area contributed by atoms with Gasteiger partial charge in [-0.2, -0.15) is 10.2 Å². The van der Waals surface area contributed by atoms with E-state index < -0.39 is 23.9 Å². The standard InChI is InChI=1S/C10H13N3O4/c1-10(17,4-8(14)15)6-11-9(16)7-2-3-12-13-5-7/h2-3,5,17H,4,6H2,1H3,(H,11,16)(H,14,15). The molecule has 1 atom stereocenters. The first-order chi connectivity index (χ1) is 7.91. The lowest BCUT2D eigenvalue weighted by Crippen LogP contribution is -2.42. The van der Waals surface area contributed by atoms with Crippen LogP contribution in [0, 0.1) is 0 Å². The molecule has 7 nitrogen and oxygen atoms in total. The van der Waals surface area contributed by atoms with Crippen molar-refractivity contribution in [1.29, 1.82) is 0 Å². The molecule has 92 valence electrons. The number of aliphatic carboxylic acids is 1. The molecule has 0 aliphatic rings. The van der Waals surface area contributed by atoms with Crippen molar-refractivity contribution in [1.82, 2.24) is 15.5 Å². The highest BCUT2D eigenvalue weighted by Crippen LogP contribution is 2.07. The lowest BCUT2D eigenvalue weighted by Gasteiger charge is -2.21. The summed E-state index contributed by atoms with van der Waals surface area (Å²) in [6, 6.07) is 1.47. The van der Waals surface area contributed by atoms with Crippen LogP contribution in [-0.2, 0) is 4.79 Å². The monoisotopic (exact) mass is 239 g/mol. The maximum Gasteiger partial charge on any atom is 0.306 e. The molecule has 17 heavy (non-hydrogen) atoms. The summed E-state index contributed by atoms with van der Waals surface area (Å²) in [5, 5.41) is 27.7. The molecule has 1 aromatic rings. The van der Waals surface area contributed by atoms with Crippen molar-refractivity contribution in [3.8, 4) is 0 Å². The minimum absolute atomic E-state index is 0.152. The summed E-state index contributed by atoms with van der Waals surface area (Å²) >= 11 is 0. The molecule has 0 spiro atoms. The fraction of sp³-hybridized carbons (Fsp3) is 0.400. The fourth-order valence-electron chi connectivity index (χ4n) is 1.19. The second-order valence-electron chi connectivity index (χ2n) is 3.88. The molecule has 7 heteroatoms. The first-order valence-electron chi connectivity index (χ1n) is 4.90. The van der Waals surface area contributed by atoms with E-state index in [2.05, 4.69) is 15.5 Å². The third-order valence-corrected chi connectivity index (χ3v) is 2.01. The highest BCUT2D eigenvalue weighted by Gasteiger charge is 2.24. The number of amides is 1. The summed E-state index contributed by atoms with van der Waals surface area (Å²) in [4.78, 5) is 22.0. The van der Waals surface area contributed by atoms with E-state index in [1.807, 2.05) is 0 Å². The van der Waals surface area contributed by atoms with E-state index in [0.29, 0.717) is 5.56 Å². The molecule has 0 aliphatic heterocycles. The number of carboxylic acid groups (broad SMARTS) is 1. The highest BCUT2D eigenvalue weighted by molar-refractivity contribution is 5.93. The number of carboxylic acids is 1. The molecular weight excluding hydrogens is 226 g/mol. The van der Waals surface area contributed by atoms with Crippen molar-refractivity contribution in [2.75, 3.05) is 6.54 Å². The second kappa shape index (κ2) is 5.35. The van der Waals surface area contributed by atoms with Gasteiger partial charge in [-0.05, 0) is 13.0 Å². The van der Waals surface area contributed by atoms with Crippen LogP contribution in [0.25, 0.3) is 0 Å². The number of nitrogens with zero attached hydrogens (tertiary/aromatic N) is 2. The summed E-state index contributed by atoms with van der Waals surface area (Å²) in [6.07, 6.45) is 2.20. The molecule has 1 unspecified atom stereocenters. The van der Waals surface area contributed by atoms with Crippen LogP contribution < -0.4 is 5.32 Å². The third kappa shape index (κ3) is 4.56. The van der Waals surface area contributed by atoms with Gasteiger partial charge in [-0.25, -0.2) is 0 Å². The van der Waals surface area contributed by atoms with Crippen molar-refractivity contribution < 1.29 is 19.8 Å². The van der Waals surface area contributed by atoms with Crippen molar-refractivity contribution in [2.45, 2.75) is 18.9 Å². The zero-order valence-corrected chi connectivity index (χ0v) is 9.25. The van der Waals surface area contributed by atoms with Crippen LogP contribution in [0.4, 0.5) is 0 Å². The molecule has 0 aromatic carbocycles. The molecule has 0 bridgehead atoms. The van der Waals surface area contributed by atoms with Crippen molar-refractivity contribution >= 4 is 11.9 Å². The van der Waals surface area contributed by atoms with Crippen molar-refractivity contribution in [3.05, 3.63) is 24.0 Å². The van der Waals surface area contributed by atoms with Crippen LogP contribution in [0.15, 0.2) is 18.5 Å². The summed E-state index contributed by atoms with van der Waals surface area (Å²) < 4.78 is 0. The maximum atomic E-state index is 11.5. The van der Waals surface area contributed by atoms with Gasteiger partial charge in [0.05, 0.1) is 30.0 Å². The van der Waals surface area contributed by atoms with Gasteiger partial charge < -0.3 is 15.5 Å². The van der Waals surface area contributed by atoms with Gasteiger partial charge in [-0.1, -0.05) is 0 Å². The number of nitrogens with one attached hydrogen (secondary N) is 1. The van der Waals surface area contributed by atoms with Gasteiger partial charge in [-0.15, -0.1) is 0 Å². The minimum atomic E-state index is -1.48. The Hall–Kier alpha value is -2.02. The SMILES string of the molecule is CC(O)(CNC(=O)c1ccnnc1)CC(=O)O. The number of carbonyl (C=O) groups is 2. The molecule has 0 radical (unpaired) electrons. The van der Waals surface area contributed by atoms with Crippen molar-refractivity contribution in [2.24, 2.45) is 0 Å². The van der Waals surface area contributed by atoms with E-state index in [1.54, 1.807) is 0 Å². The second-order valence-corrected chi connectivity index (χ2v) is 3.88. The predicted octanol–water partition coefficient (Wildman–Crippen LogP) is -0.568. The van der Waals surface area contributed by atoms with Crippen LogP contribution >= 0.6 is 0 Å². The number of aliphatic hydroxyl groups is 1. The Kier molecular flexibility index (Phi) is 4.11. The van der Waals surface area contributed by atoms with Crippen LogP contribution in [0.5, 0.6) is 0 Å². The normalized spacial score (nSPS) is 13.8. The number of rotatable bonds is 5. The largest absolute Gasteiger partial charge is 0.481 e. The predicted molar refractivity (Wildman–Crippen MR) is 57.2 cm³/mol. The third-order valence-electron chi connectivity index (χ3n) is 2.01. The van der Waals surface area contributed by atoms with E-state index in [0.717, 1.165) is 0 Å². The molecule has 0 saturated heterocycles. The van der Waals surface area contributed by atoms with Crippen molar-refractivity contribution in [3.63, 3.8) is 0 Å². The lowest BCUT2D eigenvalue weighted by atomic mass is 10.0. The fourth-order valence-corrected chi connectivity index (χ4v) is 1.19. The average Bonchev–Trinajstić information content (AvgIpc) is 2.25. The molecular formula is C10H13N3O4. The van der Waals surface area contributed by atoms with Crippen LogP contribution in [0.1, 0.15) is 23.7 Å². The molecule has 1 aromatic heterocycles. The molecule has 3 N–H and O–H groups in total. The first-order valence-corrected chi connectivity index (χ1v) is 4.90. The van der Waals surface area contributed by atoms with Gasteiger partial charge in [0.15, 0.2) is 0 Å². The van der Waals surface area contributed by atoms with E-state index in [-0.39, 0.29) is 6.54 Å². The summed E-state index contributed by atoms with van der Waals surface area (Å²) in [5.74, 6) is -1.57. The molecule has 0 aliphatic carbocycles. The minimum Gasteiger partial charge on any atom is -0.481 e. The van der Waals surface area contributed by atoms with E-state index in [9.17, 15) is 14.7 Å². The Morgan fingerprint density at radius 2 is 2.18 bits per heavy atom. The summed E-state index contributed by atoms with van der Waals surface area (Å²) in [6.45, 7) is 1.19. The molecule has 0 saturated carbocycles. The highest BCUT2D eigenvalue weighted by atomic mass is 16.4. The first kappa shape index (κ1) is 13.0. The smallest absolute Gasteiger partial charge is 0.306 e. The topological polar surface area (TPSA) is 112 Å². The summed E-state index contributed by atoms with van der Waals surface area (Å²) in [7, 11) is 0. The summed E-state index contributed by atoms with van der Waals surface area (Å²) in [5.41, 5.74) is -1.19. The Balaban J connectivity index is 2.51. The van der Waals surface area contributed by atoms with Gasteiger partial charge in [0, 0.05) is 6.54 Å². The van der Waals surface area contributed by atoms with Crippen LogP contribution in [0.2, 0.25) is 0 Å². The van der Waals surface area contributed by atoms with E-state index in [4.69, 9.17) is 5.11 Å². The van der Waals surface area contributed by atoms with Gasteiger partial charge in [0.1, 0.15) is 0 Å². The Labute approximate surface area is 97.5 Å². The number of hydrogen-bond donors (Lipinski definition) is 3. The van der Waals surface area contributed by atoms with Crippen LogP contribution in [0.3, 0.4) is 0 Å². The zero-order chi connectivity index (χ0) is 12.9. The molecule has 1 amide bonds. The Morgan fingerprint density at radius 1 is 1.47 bits per heavy atom. The van der Waals surface area contributed by atoms with Gasteiger partial charge in [0.25, 0.3) is 5.91 Å². The van der Waals surface area contributed by atoms with Gasteiger partial charge >= 0.3 is 5.97 Å². The quantitative estimate of drug-likeness (QED) is 0.634. The number of carbonyl (C=O) groups excluding carboxylic acids is 1. The van der Waals surface area contributed by atoms with Gasteiger partial charge in [-0.3, -0.25) is 9.59 Å². The number of hydrogen-bond acceptors (Lipinski definition) is 5. The molecule has 1 rings (SSSR count). The number of aromatic nitrogens is 2. The molecule has 0 fully saturated rings.